The van der Waals surface area contributed by atoms with Crippen LogP contribution >= 0.6 is 0 Å². The molecule has 0 unspecified atom stereocenters. The molecule has 0 spiro atoms. The lowest BCUT2D eigenvalue weighted by molar-refractivity contribution is -0.152. The van der Waals surface area contributed by atoms with Crippen molar-refractivity contribution < 1.29 is 27.9 Å². The van der Waals surface area contributed by atoms with Gasteiger partial charge in [-0.3, -0.25) is 14.6 Å². The number of hydrogen-bond acceptors (Lipinski definition) is 7. The number of sulfone groups is 1. The van der Waals surface area contributed by atoms with Crippen molar-refractivity contribution >= 4 is 33.7 Å². The van der Waals surface area contributed by atoms with E-state index in [1.165, 1.54) is 38.3 Å². The number of aromatic nitrogens is 1. The molecule has 2 aliphatic rings. The first-order valence-electron chi connectivity index (χ1n) is 8.49. The van der Waals surface area contributed by atoms with E-state index in [-0.39, 0.29) is 35.8 Å². The highest BCUT2D eigenvalue weighted by Gasteiger charge is 2.70. The van der Waals surface area contributed by atoms with Gasteiger partial charge in [0.2, 0.25) is 0 Å². The lowest BCUT2D eigenvalue weighted by Crippen LogP contribution is -2.58. The van der Waals surface area contributed by atoms with E-state index in [1.54, 1.807) is 0 Å². The van der Waals surface area contributed by atoms with E-state index in [0.29, 0.717) is 0 Å². The van der Waals surface area contributed by atoms with Crippen molar-refractivity contribution in [3.8, 4) is 0 Å². The number of carboxylic acids is 1. The number of nitrogens with one attached hydrogen (secondary N) is 1. The highest BCUT2D eigenvalue weighted by atomic mass is 32.2. The van der Waals surface area contributed by atoms with Crippen LogP contribution in [0.25, 0.3) is 6.08 Å². The van der Waals surface area contributed by atoms with Crippen LogP contribution < -0.4 is 11.1 Å². The molecule has 2 aliphatic heterocycles. The molecule has 1 aromatic rings. The first-order chi connectivity index (χ1) is 13.0. The monoisotopic (exact) mass is 408 g/mol. The third-order valence-corrected chi connectivity index (χ3v) is 7.73. The first kappa shape index (κ1) is 20.0. The van der Waals surface area contributed by atoms with Gasteiger partial charge in [-0.2, -0.15) is 0 Å². The lowest BCUT2D eigenvalue weighted by Gasteiger charge is -2.37. The van der Waals surface area contributed by atoms with Crippen LogP contribution in [-0.2, 0) is 19.4 Å². The van der Waals surface area contributed by atoms with Crippen molar-refractivity contribution in [1.82, 2.24) is 15.2 Å². The molecule has 2 atom stereocenters. The van der Waals surface area contributed by atoms with Crippen LogP contribution in [0.15, 0.2) is 23.9 Å². The molecule has 2 fully saturated rings. The third-order valence-electron chi connectivity index (χ3n) is 4.97. The van der Waals surface area contributed by atoms with Crippen molar-refractivity contribution in [3.05, 3.63) is 35.2 Å². The van der Waals surface area contributed by atoms with Gasteiger partial charge >= 0.3 is 5.97 Å². The highest BCUT2D eigenvalue weighted by molar-refractivity contribution is 7.94. The minimum absolute atomic E-state index is 0.0659. The lowest BCUT2D eigenvalue weighted by atomic mass is 9.95. The van der Waals surface area contributed by atoms with Crippen LogP contribution in [0.3, 0.4) is 0 Å². The normalized spacial score (nSPS) is 25.9. The molecule has 0 aromatic carbocycles. The van der Waals surface area contributed by atoms with Crippen LogP contribution in [0.4, 0.5) is 0 Å². The molecular formula is C17H20N4O6S. The summed E-state index contributed by atoms with van der Waals surface area (Å²) in [6.45, 7) is 3.16. The average molecular weight is 408 g/mol. The summed E-state index contributed by atoms with van der Waals surface area (Å²) < 4.78 is 24.0. The highest BCUT2D eigenvalue weighted by Crippen LogP contribution is 2.48. The number of carbonyl (C=O) groups is 3. The molecular weight excluding hydrogens is 388 g/mol. The zero-order chi connectivity index (χ0) is 20.9. The topological polar surface area (TPSA) is 160 Å². The summed E-state index contributed by atoms with van der Waals surface area (Å²) in [6, 6.07) is 1.42. The molecule has 0 bridgehead atoms. The van der Waals surface area contributed by atoms with Gasteiger partial charge in [0.15, 0.2) is 21.3 Å². The van der Waals surface area contributed by atoms with E-state index in [1.807, 2.05) is 0 Å². The fourth-order valence-electron chi connectivity index (χ4n) is 3.46. The molecule has 10 nitrogen and oxygen atoms in total. The number of carboxylic acid groups (broad SMARTS) is 1. The SMILES string of the molecule is CC1(C)[C@H](C(=O)O)N2C(=O)C(=Cc3cc(C(=O)NCCN)ccn3)[C@H]2S1(=O)=O. The molecule has 4 N–H and O–H groups in total. The quantitative estimate of drug-likeness (QED) is 0.412. The fraction of sp³-hybridized carbons (Fsp3) is 0.412. The van der Waals surface area contributed by atoms with Crippen LogP contribution in [0.2, 0.25) is 0 Å². The number of carbonyl (C=O) groups excluding carboxylic acids is 2. The van der Waals surface area contributed by atoms with Gasteiger partial charge in [0, 0.05) is 24.8 Å². The second-order valence-corrected chi connectivity index (χ2v) is 9.66. The van der Waals surface area contributed by atoms with Crippen LogP contribution in [0.5, 0.6) is 0 Å². The number of nitrogens with zero attached hydrogens (tertiary/aromatic N) is 2. The van der Waals surface area contributed by atoms with Gasteiger partial charge < -0.3 is 21.1 Å². The Balaban J connectivity index is 1.97. The molecule has 2 amide bonds. The Bertz CT molecular complexity index is 1000. The van der Waals surface area contributed by atoms with E-state index >= 15 is 0 Å². The van der Waals surface area contributed by atoms with E-state index < -0.39 is 37.9 Å². The number of pyridine rings is 1. The van der Waals surface area contributed by atoms with E-state index in [9.17, 15) is 27.9 Å². The zero-order valence-electron chi connectivity index (χ0n) is 15.2. The van der Waals surface area contributed by atoms with Gasteiger partial charge in [-0.1, -0.05) is 0 Å². The van der Waals surface area contributed by atoms with Gasteiger partial charge in [0.25, 0.3) is 11.8 Å². The van der Waals surface area contributed by atoms with Gasteiger partial charge in [0.05, 0.1) is 11.3 Å². The van der Waals surface area contributed by atoms with Gasteiger partial charge in [-0.05, 0) is 32.1 Å². The Morgan fingerprint density at radius 3 is 2.71 bits per heavy atom. The predicted octanol–water partition coefficient (Wildman–Crippen LogP) is -1.02. The minimum Gasteiger partial charge on any atom is -0.480 e. The zero-order valence-corrected chi connectivity index (χ0v) is 16.1. The maximum Gasteiger partial charge on any atom is 0.328 e. The number of rotatable bonds is 5. The Hall–Kier alpha value is -2.79. The molecule has 2 saturated heterocycles. The molecule has 0 saturated carbocycles. The second kappa shape index (κ2) is 6.67. The Labute approximate surface area is 161 Å². The Morgan fingerprint density at radius 1 is 1.43 bits per heavy atom. The Kier molecular flexibility index (Phi) is 4.76. The number of aliphatic carboxylic acids is 1. The largest absolute Gasteiger partial charge is 0.480 e. The summed E-state index contributed by atoms with van der Waals surface area (Å²) in [6.07, 6.45) is 2.64. The molecule has 28 heavy (non-hydrogen) atoms. The van der Waals surface area contributed by atoms with Crippen molar-refractivity contribution in [1.29, 1.82) is 0 Å². The van der Waals surface area contributed by atoms with Gasteiger partial charge in [-0.15, -0.1) is 0 Å². The summed E-state index contributed by atoms with van der Waals surface area (Å²) in [4.78, 5) is 41.0. The van der Waals surface area contributed by atoms with E-state index in [2.05, 4.69) is 10.3 Å². The molecule has 3 rings (SSSR count). The smallest absolute Gasteiger partial charge is 0.328 e. The molecule has 0 aliphatic carbocycles. The first-order valence-corrected chi connectivity index (χ1v) is 10.0. The molecule has 150 valence electrons. The van der Waals surface area contributed by atoms with Gasteiger partial charge in [-0.25, -0.2) is 13.2 Å². The number of β-lactam (4-membered cyclic amide) rings is 1. The van der Waals surface area contributed by atoms with Gasteiger partial charge in [0.1, 0.15) is 4.75 Å². The summed E-state index contributed by atoms with van der Waals surface area (Å²) in [5, 5.41) is 10.7. The number of nitrogens with two attached hydrogens (primary N) is 1. The summed E-state index contributed by atoms with van der Waals surface area (Å²) in [5.74, 6) is -2.43. The van der Waals surface area contributed by atoms with Crippen molar-refractivity contribution in [2.45, 2.75) is 30.0 Å². The summed E-state index contributed by atoms with van der Waals surface area (Å²) >= 11 is 0. The van der Waals surface area contributed by atoms with Crippen LogP contribution in [0.1, 0.15) is 29.9 Å². The minimum atomic E-state index is -3.97. The molecule has 3 heterocycles. The summed E-state index contributed by atoms with van der Waals surface area (Å²) in [5.41, 5.74) is 5.77. The number of amides is 2. The van der Waals surface area contributed by atoms with E-state index in [4.69, 9.17) is 5.73 Å². The maximum absolute atomic E-state index is 12.8. The number of fused-ring (bicyclic) bond motifs is 1. The molecule has 0 radical (unpaired) electrons. The Morgan fingerprint density at radius 2 is 2.11 bits per heavy atom. The van der Waals surface area contributed by atoms with Crippen molar-refractivity contribution in [2.24, 2.45) is 5.73 Å². The predicted molar refractivity (Wildman–Crippen MR) is 98.7 cm³/mol. The van der Waals surface area contributed by atoms with E-state index in [0.717, 1.165) is 4.90 Å². The average Bonchev–Trinajstić information content (AvgIpc) is 2.78. The number of hydrogen-bond donors (Lipinski definition) is 3. The summed E-state index contributed by atoms with van der Waals surface area (Å²) in [7, 11) is -3.97. The second-order valence-electron chi connectivity index (χ2n) is 7.07. The molecule has 1 aromatic heterocycles. The van der Waals surface area contributed by atoms with Crippen LogP contribution in [-0.4, -0.2) is 70.4 Å². The standard InChI is InChI=1S/C17H20N4O6S/c1-17(2)12(16(24)25)21-14(23)11(15(21)28(17,26)27)8-10-7-9(3-5-19-10)13(22)20-6-4-18/h3,5,7-8,12,15H,4,6,18H2,1-2H3,(H,20,22)(H,24,25)/t12-,15+/m0/s1. The van der Waals surface area contributed by atoms with Crippen molar-refractivity contribution in [3.63, 3.8) is 0 Å². The fourth-order valence-corrected chi connectivity index (χ4v) is 5.58. The van der Waals surface area contributed by atoms with Crippen LogP contribution in [0, 0.1) is 0 Å². The maximum atomic E-state index is 12.8. The van der Waals surface area contributed by atoms with Crippen molar-refractivity contribution in [2.75, 3.05) is 13.1 Å². The molecule has 11 heteroatoms. The third kappa shape index (κ3) is 2.78.